The van der Waals surface area contributed by atoms with Crippen molar-refractivity contribution in [1.82, 2.24) is 14.9 Å². The second-order valence-corrected chi connectivity index (χ2v) is 7.94. The van der Waals surface area contributed by atoms with Gasteiger partial charge in [-0.1, -0.05) is 12.1 Å². The summed E-state index contributed by atoms with van der Waals surface area (Å²) in [6, 6.07) is 9.13. The second-order valence-electron chi connectivity index (χ2n) is 6.11. The summed E-state index contributed by atoms with van der Waals surface area (Å²) in [6.45, 7) is -0.0371. The van der Waals surface area contributed by atoms with Crippen molar-refractivity contribution in [2.75, 3.05) is 0 Å². The Labute approximate surface area is 204 Å². The number of amides is 2. The lowest BCUT2D eigenvalue weighted by Crippen LogP contribution is -2.30. The van der Waals surface area contributed by atoms with Crippen LogP contribution in [0.4, 0.5) is 8.78 Å². The molecule has 0 atom stereocenters. The van der Waals surface area contributed by atoms with Crippen molar-refractivity contribution in [2.45, 2.75) is 13.1 Å². The Morgan fingerprint density at radius 1 is 0.848 bits per heavy atom. The smallest absolute Gasteiger partial charge is 0.261 e. The normalized spacial score (nSPS) is 11.5. The molecule has 1 aliphatic heterocycles. The van der Waals surface area contributed by atoms with Crippen molar-refractivity contribution in [3.8, 4) is 0 Å². The van der Waals surface area contributed by atoms with Gasteiger partial charge in [-0.25, -0.2) is 8.78 Å². The number of carbonyl (C=O) groups excluding carboxylic acids is 2. The van der Waals surface area contributed by atoms with E-state index in [9.17, 15) is 18.4 Å². The summed E-state index contributed by atoms with van der Waals surface area (Å²) in [7, 11) is 0. The van der Waals surface area contributed by atoms with Gasteiger partial charge in [0.2, 0.25) is 0 Å². The molecule has 3 aromatic rings. The third kappa shape index (κ3) is 6.90. The van der Waals surface area contributed by atoms with E-state index in [-0.39, 0.29) is 30.1 Å². The molecule has 4 rings (SSSR count). The summed E-state index contributed by atoms with van der Waals surface area (Å²) in [5.41, 5.74) is 6.22. The van der Waals surface area contributed by atoms with E-state index >= 15 is 0 Å². The Morgan fingerprint density at radius 2 is 1.27 bits per heavy atom. The number of imide groups is 1. The highest BCUT2D eigenvalue weighted by Crippen LogP contribution is 2.24. The quantitative estimate of drug-likeness (QED) is 0.238. The summed E-state index contributed by atoms with van der Waals surface area (Å²) >= 11 is 6.19. The number of nitrogens with zero attached hydrogens (tertiary/aromatic N) is 3. The first-order chi connectivity index (χ1) is 15.3. The number of hydrazine groups is 1. The highest BCUT2D eigenvalue weighted by atomic mass is 79.9. The topological polar surface area (TPSA) is 173 Å². The molecule has 0 spiro atoms. The number of hydrogen-bond acceptors (Lipinski definition) is 7. The number of aromatic nitrogens is 2. The van der Waals surface area contributed by atoms with Crippen molar-refractivity contribution >= 4 is 43.7 Å². The molecule has 1 aliphatic rings. The second kappa shape index (κ2) is 13.1. The molecule has 0 aliphatic carbocycles. The minimum absolute atomic E-state index is 0. The van der Waals surface area contributed by atoms with Crippen molar-refractivity contribution < 1.29 is 23.8 Å². The van der Waals surface area contributed by atoms with Crippen LogP contribution in [0.5, 0.6) is 0 Å². The predicted molar refractivity (Wildman–Crippen MR) is 124 cm³/mol. The Kier molecular flexibility index (Phi) is 11.3. The first kappa shape index (κ1) is 28.4. The van der Waals surface area contributed by atoms with Crippen LogP contribution in [0.3, 0.4) is 0 Å². The van der Waals surface area contributed by atoms with Crippen LogP contribution in [-0.4, -0.2) is 32.2 Å². The molecule has 0 unspecified atom stereocenters. The zero-order valence-corrected chi connectivity index (χ0v) is 20.1. The van der Waals surface area contributed by atoms with Crippen LogP contribution in [-0.2, 0) is 13.1 Å². The number of rotatable bonds is 3. The summed E-state index contributed by atoms with van der Waals surface area (Å²) in [5.74, 6) is 6.23. The van der Waals surface area contributed by atoms with Gasteiger partial charge in [0.05, 0.1) is 29.1 Å². The standard InChI is InChI=1S/C14H8BrFN2O2.C6H6BrFN2.H4N2.H2O/c15-8-5-11(16)12(17-6-8)7-18-13(19)9-3-1-2-4-10(9)14(18)20;7-4-1-5(8)6(2-9)10-3-4;1-2;/h1-6H,7H2;1,3H,2,9H2;1-2H2;1H2. The number of hydrogen-bond donors (Lipinski definition) is 3. The zero-order valence-electron chi connectivity index (χ0n) is 16.9. The highest BCUT2D eigenvalue weighted by molar-refractivity contribution is 9.10. The van der Waals surface area contributed by atoms with Crippen molar-refractivity contribution in [1.29, 1.82) is 0 Å². The monoisotopic (exact) mass is 588 g/mol. The minimum Gasteiger partial charge on any atom is -0.412 e. The lowest BCUT2D eigenvalue weighted by molar-refractivity contribution is 0.0639. The molecule has 33 heavy (non-hydrogen) atoms. The third-order valence-corrected chi connectivity index (χ3v) is 5.01. The van der Waals surface area contributed by atoms with Gasteiger partial charge >= 0.3 is 0 Å². The Bertz CT molecular complexity index is 1100. The van der Waals surface area contributed by atoms with Crippen LogP contribution in [0, 0.1) is 11.6 Å². The van der Waals surface area contributed by atoms with Crippen molar-refractivity contribution in [3.63, 3.8) is 0 Å². The molecule has 0 radical (unpaired) electrons. The lowest BCUT2D eigenvalue weighted by atomic mass is 10.1. The van der Waals surface area contributed by atoms with Gasteiger partial charge in [0.15, 0.2) is 0 Å². The molecular formula is C20H20Br2F2N6O3. The number of pyridine rings is 2. The van der Waals surface area contributed by atoms with E-state index in [2.05, 4.69) is 53.5 Å². The molecule has 8 N–H and O–H groups in total. The molecule has 0 fully saturated rings. The summed E-state index contributed by atoms with van der Waals surface area (Å²) in [5, 5.41) is 0. The minimum atomic E-state index is -0.559. The lowest BCUT2D eigenvalue weighted by Gasteiger charge is -2.13. The van der Waals surface area contributed by atoms with E-state index in [0.717, 1.165) is 4.90 Å². The van der Waals surface area contributed by atoms with Crippen LogP contribution in [0.25, 0.3) is 0 Å². The highest BCUT2D eigenvalue weighted by Gasteiger charge is 2.35. The van der Waals surface area contributed by atoms with Gasteiger partial charge in [0.1, 0.15) is 11.6 Å². The predicted octanol–water partition coefficient (Wildman–Crippen LogP) is 2.22. The van der Waals surface area contributed by atoms with Crippen molar-refractivity contribution in [2.24, 2.45) is 17.4 Å². The molecular weight excluding hydrogens is 570 g/mol. The van der Waals surface area contributed by atoms with E-state index in [1.54, 1.807) is 24.3 Å². The van der Waals surface area contributed by atoms with E-state index in [4.69, 9.17) is 5.73 Å². The zero-order chi connectivity index (χ0) is 23.8. The third-order valence-electron chi connectivity index (χ3n) is 4.15. The van der Waals surface area contributed by atoms with Crippen LogP contribution in [0.2, 0.25) is 0 Å². The summed E-state index contributed by atoms with van der Waals surface area (Å²) in [6.07, 6.45) is 2.95. The van der Waals surface area contributed by atoms with E-state index in [1.807, 2.05) is 0 Å². The van der Waals surface area contributed by atoms with Gasteiger partial charge in [0, 0.05) is 27.9 Å². The van der Waals surface area contributed by atoms with Crippen molar-refractivity contribution in [3.05, 3.63) is 91.9 Å². The van der Waals surface area contributed by atoms with Crippen LogP contribution < -0.4 is 17.4 Å². The fraction of sp³-hybridized carbons (Fsp3) is 0.100. The molecule has 2 amide bonds. The van der Waals surface area contributed by atoms with Gasteiger partial charge < -0.3 is 11.2 Å². The van der Waals surface area contributed by atoms with E-state index in [0.29, 0.717) is 25.8 Å². The number of halogens is 4. The Balaban J connectivity index is 0.000000356. The number of benzene rings is 1. The van der Waals surface area contributed by atoms with Gasteiger partial charge in [0.25, 0.3) is 11.8 Å². The first-order valence-electron chi connectivity index (χ1n) is 8.90. The first-order valence-corrected chi connectivity index (χ1v) is 10.5. The van der Waals surface area contributed by atoms with Gasteiger partial charge in [-0.15, -0.1) is 0 Å². The maximum atomic E-state index is 13.7. The molecule has 1 aromatic carbocycles. The molecule has 13 heteroatoms. The maximum absolute atomic E-state index is 13.7. The van der Waals surface area contributed by atoms with E-state index in [1.165, 1.54) is 24.5 Å². The molecule has 3 heterocycles. The average molecular weight is 590 g/mol. The Hall–Kier alpha value is -2.68. The summed E-state index contributed by atoms with van der Waals surface area (Å²) in [4.78, 5) is 32.9. The maximum Gasteiger partial charge on any atom is 0.261 e. The number of nitrogens with two attached hydrogens (primary N) is 3. The van der Waals surface area contributed by atoms with Crippen LogP contribution in [0.15, 0.2) is 57.7 Å². The molecule has 0 bridgehead atoms. The van der Waals surface area contributed by atoms with Gasteiger partial charge in [-0.3, -0.25) is 36.1 Å². The number of carbonyl (C=O) groups is 2. The molecule has 0 saturated carbocycles. The molecule has 9 nitrogen and oxygen atoms in total. The Morgan fingerprint density at radius 3 is 1.67 bits per heavy atom. The van der Waals surface area contributed by atoms with Gasteiger partial charge in [-0.05, 0) is 56.1 Å². The van der Waals surface area contributed by atoms with Crippen LogP contribution >= 0.6 is 31.9 Å². The molecule has 0 saturated heterocycles. The van der Waals surface area contributed by atoms with E-state index < -0.39 is 17.6 Å². The molecule has 2 aromatic heterocycles. The fourth-order valence-electron chi connectivity index (χ4n) is 2.68. The SMILES string of the molecule is NCc1ncc(Br)cc1F.NN.O.O=C1c2ccccc2C(=O)N1Cc1ncc(Br)cc1F. The number of fused-ring (bicyclic) bond motifs is 1. The average Bonchev–Trinajstić information content (AvgIpc) is 3.02. The fourth-order valence-corrected chi connectivity index (χ4v) is 3.29. The largest absolute Gasteiger partial charge is 0.412 e. The van der Waals surface area contributed by atoms with Gasteiger partial charge in [-0.2, -0.15) is 0 Å². The van der Waals surface area contributed by atoms with Crippen LogP contribution in [0.1, 0.15) is 32.1 Å². The molecule has 176 valence electrons. The summed E-state index contributed by atoms with van der Waals surface area (Å²) < 4.78 is 27.6.